The maximum absolute atomic E-state index is 13.5. The normalized spacial score (nSPS) is 11.6. The first-order valence-electron chi connectivity index (χ1n) is 7.17. The molecule has 3 rings (SSSR count). The van der Waals surface area contributed by atoms with E-state index in [1.165, 1.54) is 18.2 Å². The van der Waals surface area contributed by atoms with Crippen LogP contribution in [0.15, 0.2) is 48.5 Å². The molecule has 1 heterocycles. The number of halogens is 4. The summed E-state index contributed by atoms with van der Waals surface area (Å²) < 4.78 is 58.3. The molecule has 0 bridgehead atoms. The molecule has 0 aliphatic heterocycles. The minimum Gasteiger partial charge on any atom is -0.465 e. The highest BCUT2D eigenvalue weighted by atomic mass is 19.4. The molecule has 7 heteroatoms. The van der Waals surface area contributed by atoms with Crippen molar-refractivity contribution in [2.75, 3.05) is 7.11 Å². The second kappa shape index (κ2) is 6.16. The van der Waals surface area contributed by atoms with Crippen LogP contribution in [0.1, 0.15) is 16.1 Å². The molecule has 0 aliphatic carbocycles. The second-order valence-corrected chi connectivity index (χ2v) is 5.22. The minimum atomic E-state index is -4.86. The number of hydrogen-bond donors (Lipinski definition) is 0. The molecule has 0 saturated carbocycles. The van der Waals surface area contributed by atoms with Gasteiger partial charge >= 0.3 is 12.1 Å². The van der Waals surface area contributed by atoms with Gasteiger partial charge in [0.2, 0.25) is 0 Å². The Bertz CT molecular complexity index is 950. The Morgan fingerprint density at radius 1 is 1.04 bits per heavy atom. The number of fused-ring (bicyclic) bond motifs is 1. The predicted octanol–water partition coefficient (Wildman–Crippen LogP) is 4.85. The van der Waals surface area contributed by atoms with Crippen LogP contribution in [0.4, 0.5) is 17.6 Å². The molecule has 1 aromatic heterocycles. The van der Waals surface area contributed by atoms with Gasteiger partial charge in [0, 0.05) is 10.9 Å². The number of carbonyl (C=O) groups excluding carboxylic acids is 1. The Morgan fingerprint density at radius 2 is 1.68 bits per heavy atom. The van der Waals surface area contributed by atoms with Crippen LogP contribution in [-0.2, 0) is 10.9 Å². The zero-order valence-electron chi connectivity index (χ0n) is 12.9. The van der Waals surface area contributed by atoms with Crippen molar-refractivity contribution >= 4 is 16.9 Å². The molecule has 25 heavy (non-hydrogen) atoms. The van der Waals surface area contributed by atoms with Gasteiger partial charge in [0.1, 0.15) is 5.82 Å². The van der Waals surface area contributed by atoms with Crippen molar-refractivity contribution in [3.8, 4) is 11.1 Å². The average molecular weight is 349 g/mol. The molecule has 0 N–H and O–H groups in total. The van der Waals surface area contributed by atoms with Crippen LogP contribution >= 0.6 is 0 Å². The first-order chi connectivity index (χ1) is 11.8. The lowest BCUT2D eigenvalue weighted by atomic mass is 9.94. The van der Waals surface area contributed by atoms with Gasteiger partial charge in [-0.3, -0.25) is 0 Å². The fraction of sp³-hybridized carbons (Fsp3) is 0.111. The first kappa shape index (κ1) is 16.9. The summed E-state index contributed by atoms with van der Waals surface area (Å²) in [5.41, 5.74) is -1.70. The number of hydrogen-bond acceptors (Lipinski definition) is 3. The van der Waals surface area contributed by atoms with E-state index in [1.807, 2.05) is 0 Å². The Hall–Kier alpha value is -2.96. The van der Waals surface area contributed by atoms with E-state index in [0.29, 0.717) is 5.39 Å². The van der Waals surface area contributed by atoms with Crippen molar-refractivity contribution in [3.63, 3.8) is 0 Å². The number of benzene rings is 2. The number of esters is 1. The number of nitrogens with zero attached hydrogens (tertiary/aromatic N) is 1. The molecular formula is C18H11F4NO2. The maximum atomic E-state index is 13.5. The number of methoxy groups -OCH3 is 1. The fourth-order valence-corrected chi connectivity index (χ4v) is 2.63. The number of aromatic nitrogens is 1. The van der Waals surface area contributed by atoms with Crippen LogP contribution in [0.3, 0.4) is 0 Å². The number of pyridine rings is 1. The van der Waals surface area contributed by atoms with Gasteiger partial charge in [0.15, 0.2) is 5.69 Å². The van der Waals surface area contributed by atoms with Crippen LogP contribution in [0.2, 0.25) is 0 Å². The van der Waals surface area contributed by atoms with Crippen LogP contribution < -0.4 is 0 Å². The lowest BCUT2D eigenvalue weighted by Crippen LogP contribution is -2.18. The zero-order chi connectivity index (χ0) is 18.2. The molecular weight excluding hydrogens is 338 g/mol. The Balaban J connectivity index is 2.50. The molecule has 2 aromatic carbocycles. The third kappa shape index (κ3) is 3.05. The molecule has 0 unspecified atom stereocenters. The van der Waals surface area contributed by atoms with Crippen LogP contribution in [0.5, 0.6) is 0 Å². The van der Waals surface area contributed by atoms with E-state index in [-0.39, 0.29) is 16.6 Å². The van der Waals surface area contributed by atoms with Gasteiger partial charge in [-0.15, -0.1) is 0 Å². The summed E-state index contributed by atoms with van der Waals surface area (Å²) in [7, 11) is 0.992. The summed E-state index contributed by atoms with van der Waals surface area (Å²) in [5.74, 6) is -1.71. The van der Waals surface area contributed by atoms with Gasteiger partial charge in [-0.2, -0.15) is 13.2 Å². The van der Waals surface area contributed by atoms with E-state index in [1.54, 1.807) is 18.2 Å². The summed E-state index contributed by atoms with van der Waals surface area (Å²) in [6.07, 6.45) is -4.86. The SMILES string of the molecule is COC(=O)c1c(C(F)(F)F)nc2ccccc2c1-c1ccc(F)cc1. The molecule has 0 fully saturated rings. The van der Waals surface area contributed by atoms with Gasteiger partial charge in [0.25, 0.3) is 0 Å². The van der Waals surface area contributed by atoms with E-state index in [4.69, 9.17) is 0 Å². The van der Waals surface area contributed by atoms with Gasteiger partial charge in [-0.1, -0.05) is 30.3 Å². The molecule has 128 valence electrons. The van der Waals surface area contributed by atoms with Crippen LogP contribution in [0.25, 0.3) is 22.0 Å². The fourth-order valence-electron chi connectivity index (χ4n) is 2.63. The van der Waals surface area contributed by atoms with E-state index < -0.39 is 29.2 Å². The largest absolute Gasteiger partial charge is 0.465 e. The summed E-state index contributed by atoms with van der Waals surface area (Å²) in [5, 5.41) is 0.336. The van der Waals surface area contributed by atoms with Crippen molar-refractivity contribution in [3.05, 3.63) is 65.6 Å². The maximum Gasteiger partial charge on any atom is 0.434 e. The van der Waals surface area contributed by atoms with E-state index >= 15 is 0 Å². The average Bonchev–Trinajstić information content (AvgIpc) is 2.59. The number of rotatable bonds is 2. The van der Waals surface area contributed by atoms with Gasteiger partial charge in [0.05, 0.1) is 18.2 Å². The highest BCUT2D eigenvalue weighted by Gasteiger charge is 2.40. The van der Waals surface area contributed by atoms with Crippen LogP contribution in [0, 0.1) is 5.82 Å². The topological polar surface area (TPSA) is 39.2 Å². The summed E-state index contributed by atoms with van der Waals surface area (Å²) in [4.78, 5) is 15.8. The van der Waals surface area contributed by atoms with Crippen molar-refractivity contribution in [2.24, 2.45) is 0 Å². The van der Waals surface area contributed by atoms with E-state index in [2.05, 4.69) is 9.72 Å². The summed E-state index contributed by atoms with van der Waals surface area (Å²) in [6.45, 7) is 0. The van der Waals surface area contributed by atoms with Gasteiger partial charge < -0.3 is 4.74 Å². The highest BCUT2D eigenvalue weighted by molar-refractivity contribution is 6.08. The van der Waals surface area contributed by atoms with Crippen LogP contribution in [-0.4, -0.2) is 18.1 Å². The Kier molecular flexibility index (Phi) is 4.16. The van der Waals surface area contributed by atoms with Crippen molar-refractivity contribution < 1.29 is 27.1 Å². The molecule has 3 aromatic rings. The van der Waals surface area contributed by atoms with Crippen molar-refractivity contribution in [1.29, 1.82) is 0 Å². The van der Waals surface area contributed by atoms with E-state index in [0.717, 1.165) is 19.2 Å². The van der Waals surface area contributed by atoms with E-state index in [9.17, 15) is 22.4 Å². The third-order valence-electron chi connectivity index (χ3n) is 3.68. The Morgan fingerprint density at radius 3 is 2.28 bits per heavy atom. The molecule has 0 saturated heterocycles. The molecule has 0 atom stereocenters. The summed E-state index contributed by atoms with van der Waals surface area (Å²) >= 11 is 0. The number of alkyl halides is 3. The lowest BCUT2D eigenvalue weighted by molar-refractivity contribution is -0.141. The minimum absolute atomic E-state index is 0.00442. The smallest absolute Gasteiger partial charge is 0.434 e. The van der Waals surface area contributed by atoms with Crippen molar-refractivity contribution in [1.82, 2.24) is 4.98 Å². The van der Waals surface area contributed by atoms with Crippen molar-refractivity contribution in [2.45, 2.75) is 6.18 Å². The second-order valence-electron chi connectivity index (χ2n) is 5.22. The lowest BCUT2D eigenvalue weighted by Gasteiger charge is -2.17. The highest BCUT2D eigenvalue weighted by Crippen LogP contribution is 2.39. The number of para-hydroxylation sites is 1. The molecule has 0 radical (unpaired) electrons. The zero-order valence-corrected chi connectivity index (χ0v) is 12.9. The third-order valence-corrected chi connectivity index (χ3v) is 3.68. The first-order valence-corrected chi connectivity index (χ1v) is 7.17. The molecule has 0 aliphatic rings. The molecule has 3 nitrogen and oxygen atoms in total. The number of carbonyl (C=O) groups is 1. The Labute approximate surface area is 139 Å². The predicted molar refractivity (Wildman–Crippen MR) is 83.5 cm³/mol. The standard InChI is InChI=1S/C18H11F4NO2/c1-25-17(24)15-14(10-6-8-11(19)9-7-10)12-4-2-3-5-13(12)23-16(15)18(20,21)22/h2-9H,1H3. The number of ether oxygens (including phenoxy) is 1. The molecule has 0 amide bonds. The summed E-state index contributed by atoms with van der Waals surface area (Å²) in [6, 6.07) is 11.0. The quantitative estimate of drug-likeness (QED) is 0.491. The van der Waals surface area contributed by atoms with Gasteiger partial charge in [-0.05, 0) is 23.8 Å². The van der Waals surface area contributed by atoms with Gasteiger partial charge in [-0.25, -0.2) is 14.2 Å². The monoisotopic (exact) mass is 349 g/mol. The molecule has 0 spiro atoms.